The maximum atomic E-state index is 13.4. The smallest absolute Gasteiger partial charge is 0.166 e. The van der Waals surface area contributed by atoms with Crippen LogP contribution in [0.2, 0.25) is 0 Å². The minimum absolute atomic E-state index is 0.128. The third-order valence-corrected chi connectivity index (χ3v) is 2.33. The summed E-state index contributed by atoms with van der Waals surface area (Å²) in [6.45, 7) is 1.88. The lowest BCUT2D eigenvalue weighted by molar-refractivity contribution is 0.491. The zero-order valence-electron chi connectivity index (χ0n) is 9.27. The van der Waals surface area contributed by atoms with Crippen LogP contribution in [0, 0.1) is 11.6 Å². The zero-order valence-corrected chi connectivity index (χ0v) is 9.27. The first-order chi connectivity index (χ1) is 8.08. The van der Waals surface area contributed by atoms with Crippen LogP contribution in [0.1, 0.15) is 24.4 Å². The first-order valence-electron chi connectivity index (χ1n) is 5.15. The molecule has 2 N–H and O–H groups in total. The number of hydrogen-bond donors (Lipinski definition) is 1. The van der Waals surface area contributed by atoms with Crippen molar-refractivity contribution in [2.24, 2.45) is 5.73 Å². The monoisotopic (exact) mass is 238 g/mol. The van der Waals surface area contributed by atoms with Gasteiger partial charge in [0.15, 0.2) is 17.5 Å². The Labute approximate surface area is 97.1 Å². The number of rotatable bonds is 3. The largest absolute Gasteiger partial charge is 0.321 e. The average Bonchev–Trinajstić information content (AvgIpc) is 2.73. The van der Waals surface area contributed by atoms with Crippen LogP contribution in [0.5, 0.6) is 0 Å². The molecule has 0 aliphatic heterocycles. The Morgan fingerprint density at radius 1 is 1.41 bits per heavy atom. The Balaban J connectivity index is 2.22. The highest BCUT2D eigenvalue weighted by molar-refractivity contribution is 5.19. The summed E-state index contributed by atoms with van der Waals surface area (Å²) >= 11 is 0. The van der Waals surface area contributed by atoms with Crippen LogP contribution in [0.4, 0.5) is 8.78 Å². The van der Waals surface area contributed by atoms with Gasteiger partial charge in [-0.05, 0) is 13.0 Å². The van der Waals surface area contributed by atoms with E-state index in [2.05, 4.69) is 10.1 Å². The molecule has 1 unspecified atom stereocenters. The van der Waals surface area contributed by atoms with Crippen molar-refractivity contribution in [2.75, 3.05) is 0 Å². The summed E-state index contributed by atoms with van der Waals surface area (Å²) in [4.78, 5) is 3.97. The minimum atomic E-state index is -0.866. The average molecular weight is 238 g/mol. The molecule has 0 saturated heterocycles. The molecule has 0 spiro atoms. The van der Waals surface area contributed by atoms with Gasteiger partial charge in [-0.15, -0.1) is 0 Å². The van der Waals surface area contributed by atoms with Gasteiger partial charge in [-0.2, -0.15) is 5.10 Å². The van der Waals surface area contributed by atoms with Gasteiger partial charge in [-0.25, -0.2) is 18.4 Å². The Morgan fingerprint density at radius 2 is 2.18 bits per heavy atom. The summed E-state index contributed by atoms with van der Waals surface area (Å²) in [5.41, 5.74) is 5.83. The van der Waals surface area contributed by atoms with E-state index in [9.17, 15) is 8.78 Å². The number of aromatic nitrogens is 3. The molecule has 6 heteroatoms. The number of benzene rings is 1. The lowest BCUT2D eigenvalue weighted by atomic mass is 10.2. The van der Waals surface area contributed by atoms with Crippen molar-refractivity contribution in [1.29, 1.82) is 0 Å². The number of nitrogens with two attached hydrogens (primary N) is 1. The number of halogens is 2. The molecule has 90 valence electrons. The molecule has 1 heterocycles. The number of hydrogen-bond acceptors (Lipinski definition) is 3. The Morgan fingerprint density at radius 3 is 2.82 bits per heavy atom. The van der Waals surface area contributed by atoms with Crippen molar-refractivity contribution < 1.29 is 8.78 Å². The first-order valence-corrected chi connectivity index (χ1v) is 5.15. The summed E-state index contributed by atoms with van der Waals surface area (Å²) in [6.07, 6.45) is 1.45. The van der Waals surface area contributed by atoms with E-state index in [-0.39, 0.29) is 18.2 Å². The summed E-state index contributed by atoms with van der Waals surface area (Å²) in [7, 11) is 0. The molecule has 0 amide bonds. The molecule has 2 rings (SSSR count). The topological polar surface area (TPSA) is 56.7 Å². The summed E-state index contributed by atoms with van der Waals surface area (Å²) in [6, 6.07) is 3.75. The standard InChI is InChI=1S/C11H12F2N4/c1-7(14)11-15-6-17(16-11)5-8-3-2-4-9(12)10(8)13/h2-4,6-7H,5,14H2,1H3. The fourth-order valence-electron chi connectivity index (χ4n) is 1.44. The van der Waals surface area contributed by atoms with Gasteiger partial charge in [0.1, 0.15) is 6.33 Å². The third kappa shape index (κ3) is 2.47. The highest BCUT2D eigenvalue weighted by Crippen LogP contribution is 2.12. The van der Waals surface area contributed by atoms with E-state index in [0.29, 0.717) is 5.82 Å². The Bertz CT molecular complexity index is 522. The van der Waals surface area contributed by atoms with E-state index >= 15 is 0 Å². The normalized spacial score (nSPS) is 12.7. The van der Waals surface area contributed by atoms with E-state index in [4.69, 9.17) is 5.73 Å². The van der Waals surface area contributed by atoms with Crippen LogP contribution >= 0.6 is 0 Å². The quantitative estimate of drug-likeness (QED) is 0.884. The van der Waals surface area contributed by atoms with E-state index in [1.165, 1.54) is 23.1 Å². The maximum Gasteiger partial charge on any atom is 0.166 e. The predicted molar refractivity (Wildman–Crippen MR) is 58.1 cm³/mol. The second kappa shape index (κ2) is 4.58. The van der Waals surface area contributed by atoms with Gasteiger partial charge in [0.2, 0.25) is 0 Å². The molecule has 0 aliphatic carbocycles. The molecule has 0 saturated carbocycles. The Kier molecular flexibility index (Phi) is 3.14. The van der Waals surface area contributed by atoms with Crippen molar-refractivity contribution in [3.05, 3.63) is 47.5 Å². The molecular weight excluding hydrogens is 226 g/mol. The van der Waals surface area contributed by atoms with Crippen LogP contribution in [0.25, 0.3) is 0 Å². The third-order valence-electron chi connectivity index (χ3n) is 2.33. The van der Waals surface area contributed by atoms with Gasteiger partial charge < -0.3 is 5.73 Å². The summed E-state index contributed by atoms with van der Waals surface area (Å²) in [5, 5.41) is 4.07. The first kappa shape index (κ1) is 11.7. The van der Waals surface area contributed by atoms with Gasteiger partial charge in [0.25, 0.3) is 0 Å². The second-order valence-corrected chi connectivity index (χ2v) is 3.80. The van der Waals surface area contributed by atoms with E-state index in [0.717, 1.165) is 6.07 Å². The molecule has 4 nitrogen and oxygen atoms in total. The fourth-order valence-corrected chi connectivity index (χ4v) is 1.44. The van der Waals surface area contributed by atoms with E-state index in [1.54, 1.807) is 6.92 Å². The Hall–Kier alpha value is -1.82. The van der Waals surface area contributed by atoms with Crippen molar-refractivity contribution in [3.63, 3.8) is 0 Å². The van der Waals surface area contributed by atoms with Crippen LogP contribution in [-0.2, 0) is 6.54 Å². The van der Waals surface area contributed by atoms with Gasteiger partial charge >= 0.3 is 0 Å². The molecule has 0 fully saturated rings. The van der Waals surface area contributed by atoms with Crippen molar-refractivity contribution in [1.82, 2.24) is 14.8 Å². The van der Waals surface area contributed by atoms with Crippen LogP contribution in [0.3, 0.4) is 0 Å². The molecule has 1 atom stereocenters. The molecule has 0 aliphatic rings. The van der Waals surface area contributed by atoms with E-state index in [1.807, 2.05) is 0 Å². The van der Waals surface area contributed by atoms with Gasteiger partial charge in [-0.3, -0.25) is 0 Å². The molecule has 1 aromatic heterocycles. The SMILES string of the molecule is CC(N)c1ncn(Cc2cccc(F)c2F)n1. The maximum absolute atomic E-state index is 13.4. The minimum Gasteiger partial charge on any atom is -0.321 e. The molecule has 0 radical (unpaired) electrons. The van der Waals surface area contributed by atoms with Crippen molar-refractivity contribution >= 4 is 0 Å². The molecule has 2 aromatic rings. The highest BCUT2D eigenvalue weighted by atomic mass is 19.2. The highest BCUT2D eigenvalue weighted by Gasteiger charge is 2.10. The summed E-state index contributed by atoms with van der Waals surface area (Å²) < 4.78 is 27.8. The van der Waals surface area contributed by atoms with Gasteiger partial charge in [-0.1, -0.05) is 12.1 Å². The lowest BCUT2D eigenvalue weighted by Crippen LogP contribution is -2.09. The van der Waals surface area contributed by atoms with Crippen LogP contribution in [0.15, 0.2) is 24.5 Å². The predicted octanol–water partition coefficient (Wildman–Crippen LogP) is 1.62. The molecule has 17 heavy (non-hydrogen) atoms. The van der Waals surface area contributed by atoms with Gasteiger partial charge in [0, 0.05) is 5.56 Å². The van der Waals surface area contributed by atoms with Crippen LogP contribution < -0.4 is 5.73 Å². The summed E-state index contributed by atoms with van der Waals surface area (Å²) in [5.74, 6) is -1.25. The van der Waals surface area contributed by atoms with Crippen LogP contribution in [-0.4, -0.2) is 14.8 Å². The molecular formula is C11H12F2N4. The fraction of sp³-hybridized carbons (Fsp3) is 0.273. The van der Waals surface area contributed by atoms with E-state index < -0.39 is 11.6 Å². The molecule has 1 aromatic carbocycles. The van der Waals surface area contributed by atoms with Crippen molar-refractivity contribution in [2.45, 2.75) is 19.5 Å². The number of nitrogens with zero attached hydrogens (tertiary/aromatic N) is 3. The van der Waals surface area contributed by atoms with Crippen molar-refractivity contribution in [3.8, 4) is 0 Å². The van der Waals surface area contributed by atoms with Gasteiger partial charge in [0.05, 0.1) is 12.6 Å². The zero-order chi connectivity index (χ0) is 12.4. The second-order valence-electron chi connectivity index (χ2n) is 3.80. The molecule has 0 bridgehead atoms. The lowest BCUT2D eigenvalue weighted by Gasteiger charge is -2.03.